The lowest BCUT2D eigenvalue weighted by Gasteiger charge is -2.24. The lowest BCUT2D eigenvalue weighted by atomic mass is 10.3. The molecule has 0 fully saturated rings. The van der Waals surface area contributed by atoms with Gasteiger partial charge < -0.3 is 15.1 Å². The Morgan fingerprint density at radius 1 is 1.16 bits per heavy atom. The van der Waals surface area contributed by atoms with Crippen molar-refractivity contribution in [3.63, 3.8) is 0 Å². The zero-order valence-electron chi connectivity index (χ0n) is 11.0. The van der Waals surface area contributed by atoms with Crippen molar-refractivity contribution >= 4 is 17.7 Å². The topological polar surface area (TPSA) is 81.1 Å². The number of carboxylic acids is 1. The smallest absolute Gasteiger partial charge is 0.323 e. The third kappa shape index (κ3) is 4.50. The van der Waals surface area contributed by atoms with Crippen LogP contribution in [0.4, 0.5) is 10.5 Å². The summed E-state index contributed by atoms with van der Waals surface area (Å²) in [6.07, 6.45) is 0.460. The molecule has 0 saturated heterocycles. The van der Waals surface area contributed by atoms with E-state index in [1.165, 1.54) is 21.9 Å². The van der Waals surface area contributed by atoms with Crippen LogP contribution in [0.2, 0.25) is 0 Å². The number of anilines is 1. The Balaban J connectivity index is 2.56. The van der Waals surface area contributed by atoms with Gasteiger partial charge in [-0.05, 0) is 30.7 Å². The molecule has 1 rings (SSSR count). The van der Waals surface area contributed by atoms with Crippen molar-refractivity contribution in [3.05, 3.63) is 24.3 Å². The minimum Gasteiger partial charge on any atom is -0.508 e. The van der Waals surface area contributed by atoms with Crippen molar-refractivity contribution in [3.8, 4) is 5.75 Å². The Morgan fingerprint density at radius 2 is 1.74 bits per heavy atom. The standard InChI is InChI=1S/C13H18N2O4/c1-14(9-3-4-12(17)18)13(19)15(2)10-5-7-11(16)8-6-10/h5-8,16H,3-4,9H2,1-2H3,(H,17,18). The molecule has 0 unspecified atom stereocenters. The number of hydrogen-bond donors (Lipinski definition) is 2. The molecule has 0 spiro atoms. The van der Waals surface area contributed by atoms with Gasteiger partial charge in [-0.3, -0.25) is 9.69 Å². The number of hydrogen-bond acceptors (Lipinski definition) is 3. The first-order valence-electron chi connectivity index (χ1n) is 5.91. The molecule has 0 radical (unpaired) electrons. The van der Waals surface area contributed by atoms with Crippen molar-refractivity contribution in [2.75, 3.05) is 25.5 Å². The van der Waals surface area contributed by atoms with Crippen LogP contribution in [0.3, 0.4) is 0 Å². The molecule has 2 amide bonds. The SMILES string of the molecule is CN(CCCC(=O)O)C(=O)N(C)c1ccc(O)cc1. The monoisotopic (exact) mass is 266 g/mol. The van der Waals surface area contributed by atoms with Crippen LogP contribution in [0.1, 0.15) is 12.8 Å². The number of aliphatic carboxylic acids is 1. The third-order valence-electron chi connectivity index (χ3n) is 2.73. The zero-order valence-corrected chi connectivity index (χ0v) is 11.0. The number of carbonyl (C=O) groups excluding carboxylic acids is 1. The molecule has 0 aliphatic rings. The summed E-state index contributed by atoms with van der Waals surface area (Å²) in [4.78, 5) is 25.4. The van der Waals surface area contributed by atoms with Crippen LogP contribution in [0.15, 0.2) is 24.3 Å². The van der Waals surface area contributed by atoms with E-state index in [1.54, 1.807) is 26.2 Å². The van der Waals surface area contributed by atoms with Crippen LogP contribution in [0.5, 0.6) is 5.75 Å². The summed E-state index contributed by atoms with van der Waals surface area (Å²) < 4.78 is 0. The van der Waals surface area contributed by atoms with Gasteiger partial charge in [-0.1, -0.05) is 0 Å². The van der Waals surface area contributed by atoms with Crippen molar-refractivity contribution in [2.45, 2.75) is 12.8 Å². The number of amides is 2. The molecule has 104 valence electrons. The Morgan fingerprint density at radius 3 is 2.26 bits per heavy atom. The lowest BCUT2D eigenvalue weighted by Crippen LogP contribution is -2.39. The summed E-state index contributed by atoms with van der Waals surface area (Å²) in [5.41, 5.74) is 0.660. The van der Waals surface area contributed by atoms with E-state index in [-0.39, 0.29) is 18.2 Å². The summed E-state index contributed by atoms with van der Waals surface area (Å²) in [6, 6.07) is 6.06. The molecule has 0 aromatic heterocycles. The predicted molar refractivity (Wildman–Crippen MR) is 71.4 cm³/mol. The number of carbonyl (C=O) groups is 2. The Hall–Kier alpha value is -2.24. The molecule has 0 aliphatic carbocycles. The van der Waals surface area contributed by atoms with E-state index in [9.17, 15) is 14.7 Å². The highest BCUT2D eigenvalue weighted by molar-refractivity contribution is 5.91. The van der Waals surface area contributed by atoms with Gasteiger partial charge in [0.25, 0.3) is 0 Å². The zero-order chi connectivity index (χ0) is 14.4. The maximum atomic E-state index is 12.0. The van der Waals surface area contributed by atoms with Crippen molar-refractivity contribution < 1.29 is 19.8 Å². The van der Waals surface area contributed by atoms with Gasteiger partial charge in [0.15, 0.2) is 0 Å². The van der Waals surface area contributed by atoms with Gasteiger partial charge in [0.05, 0.1) is 0 Å². The number of nitrogens with zero attached hydrogens (tertiary/aromatic N) is 2. The summed E-state index contributed by atoms with van der Waals surface area (Å²) in [5, 5.41) is 17.7. The molecule has 0 heterocycles. The van der Waals surface area contributed by atoms with Gasteiger partial charge in [-0.2, -0.15) is 0 Å². The second-order valence-corrected chi connectivity index (χ2v) is 4.28. The van der Waals surface area contributed by atoms with Gasteiger partial charge in [0.2, 0.25) is 0 Å². The molecule has 0 saturated carbocycles. The first kappa shape index (κ1) is 14.8. The summed E-state index contributed by atoms with van der Waals surface area (Å²) >= 11 is 0. The summed E-state index contributed by atoms with van der Waals surface area (Å²) in [6.45, 7) is 0.382. The fourth-order valence-electron chi connectivity index (χ4n) is 1.61. The van der Waals surface area contributed by atoms with Gasteiger partial charge >= 0.3 is 12.0 Å². The van der Waals surface area contributed by atoms with E-state index in [4.69, 9.17) is 5.11 Å². The van der Waals surface area contributed by atoms with Crippen LogP contribution >= 0.6 is 0 Å². The molecule has 6 nitrogen and oxygen atoms in total. The Kier molecular flexibility index (Phi) is 5.17. The highest BCUT2D eigenvalue weighted by Gasteiger charge is 2.15. The minimum absolute atomic E-state index is 0.0422. The second kappa shape index (κ2) is 6.63. The average molecular weight is 266 g/mol. The second-order valence-electron chi connectivity index (χ2n) is 4.28. The Bertz CT molecular complexity index is 444. The normalized spacial score (nSPS) is 10.0. The fraction of sp³-hybridized carbons (Fsp3) is 0.385. The maximum Gasteiger partial charge on any atom is 0.323 e. The molecule has 0 atom stereocenters. The van der Waals surface area contributed by atoms with Crippen molar-refractivity contribution in [2.24, 2.45) is 0 Å². The molecule has 1 aromatic rings. The molecule has 0 bridgehead atoms. The van der Waals surface area contributed by atoms with Crippen LogP contribution in [-0.4, -0.2) is 47.8 Å². The van der Waals surface area contributed by atoms with Gasteiger partial charge in [0, 0.05) is 32.7 Å². The third-order valence-corrected chi connectivity index (χ3v) is 2.73. The molecule has 19 heavy (non-hydrogen) atoms. The first-order chi connectivity index (χ1) is 8.91. The summed E-state index contributed by atoms with van der Waals surface area (Å²) in [7, 11) is 3.25. The predicted octanol–water partition coefficient (Wildman–Crippen LogP) is 1.74. The average Bonchev–Trinajstić information content (AvgIpc) is 2.37. The van der Waals surface area contributed by atoms with Crippen LogP contribution < -0.4 is 4.90 Å². The van der Waals surface area contributed by atoms with E-state index < -0.39 is 5.97 Å². The number of benzene rings is 1. The van der Waals surface area contributed by atoms with Gasteiger partial charge in [-0.25, -0.2) is 4.79 Å². The fourth-order valence-corrected chi connectivity index (χ4v) is 1.61. The molecular weight excluding hydrogens is 248 g/mol. The highest BCUT2D eigenvalue weighted by atomic mass is 16.4. The van der Waals surface area contributed by atoms with E-state index in [2.05, 4.69) is 0 Å². The number of phenols is 1. The number of carboxylic acid groups (broad SMARTS) is 1. The van der Waals surface area contributed by atoms with Gasteiger partial charge in [0.1, 0.15) is 5.75 Å². The molecular formula is C13H18N2O4. The van der Waals surface area contributed by atoms with Gasteiger partial charge in [-0.15, -0.1) is 0 Å². The summed E-state index contributed by atoms with van der Waals surface area (Å²) in [5.74, 6) is -0.729. The molecule has 0 aliphatic heterocycles. The van der Waals surface area contributed by atoms with E-state index in [0.29, 0.717) is 18.7 Å². The van der Waals surface area contributed by atoms with Crippen molar-refractivity contribution in [1.82, 2.24) is 4.90 Å². The van der Waals surface area contributed by atoms with Crippen LogP contribution in [-0.2, 0) is 4.79 Å². The minimum atomic E-state index is -0.868. The molecule has 1 aromatic carbocycles. The number of phenolic OH excluding ortho intramolecular Hbond substituents is 1. The molecule has 6 heteroatoms. The quantitative estimate of drug-likeness (QED) is 0.850. The number of aromatic hydroxyl groups is 1. The van der Waals surface area contributed by atoms with E-state index >= 15 is 0 Å². The largest absolute Gasteiger partial charge is 0.508 e. The van der Waals surface area contributed by atoms with Crippen molar-refractivity contribution in [1.29, 1.82) is 0 Å². The van der Waals surface area contributed by atoms with Crippen LogP contribution in [0.25, 0.3) is 0 Å². The Labute approximate surface area is 111 Å². The first-order valence-corrected chi connectivity index (χ1v) is 5.91. The number of rotatable bonds is 5. The lowest BCUT2D eigenvalue weighted by molar-refractivity contribution is -0.137. The highest BCUT2D eigenvalue weighted by Crippen LogP contribution is 2.18. The van der Waals surface area contributed by atoms with Crippen LogP contribution in [0, 0.1) is 0 Å². The maximum absolute atomic E-state index is 12.0. The van der Waals surface area contributed by atoms with E-state index in [0.717, 1.165) is 0 Å². The number of urea groups is 1. The van der Waals surface area contributed by atoms with E-state index in [1.807, 2.05) is 0 Å². The molecule has 2 N–H and O–H groups in total.